The van der Waals surface area contributed by atoms with Crippen molar-refractivity contribution < 1.29 is 4.39 Å². The van der Waals surface area contributed by atoms with Crippen LogP contribution in [0.3, 0.4) is 0 Å². The van der Waals surface area contributed by atoms with E-state index >= 15 is 0 Å². The Morgan fingerprint density at radius 3 is 2.64 bits per heavy atom. The minimum atomic E-state index is -0.572. The van der Waals surface area contributed by atoms with Crippen LogP contribution in [0.5, 0.6) is 0 Å². The average Bonchev–Trinajstić information content (AvgIpc) is 3.16. The Morgan fingerprint density at radius 2 is 1.91 bits per heavy atom. The first-order valence-electron chi connectivity index (χ1n) is 10.7. The molecule has 7 nitrogen and oxygen atoms in total. The zero-order valence-corrected chi connectivity index (χ0v) is 19.3. The van der Waals surface area contributed by atoms with E-state index in [4.69, 9.17) is 16.6 Å². The summed E-state index contributed by atoms with van der Waals surface area (Å²) in [6.07, 6.45) is 0. The normalized spacial score (nSPS) is 15.8. The molecule has 2 aromatic heterocycles. The van der Waals surface area contributed by atoms with Gasteiger partial charge in [0.1, 0.15) is 5.82 Å². The molecule has 0 amide bonds. The molecule has 2 aromatic carbocycles. The molecule has 9 heteroatoms. The summed E-state index contributed by atoms with van der Waals surface area (Å²) >= 11 is 6.17. The fraction of sp³-hybridized carbons (Fsp3) is 0.292. The van der Waals surface area contributed by atoms with E-state index in [2.05, 4.69) is 17.9 Å². The van der Waals surface area contributed by atoms with Crippen LogP contribution in [-0.4, -0.2) is 25.2 Å². The number of halogens is 2. The maximum absolute atomic E-state index is 14.4. The smallest absolute Gasteiger partial charge is 0.312 e. The van der Waals surface area contributed by atoms with Crippen molar-refractivity contribution in [3.8, 4) is 0 Å². The lowest BCUT2D eigenvalue weighted by atomic mass is 10.1. The summed E-state index contributed by atoms with van der Waals surface area (Å²) in [5.74, 6) is 0.287. The summed E-state index contributed by atoms with van der Waals surface area (Å²) in [5, 5.41) is 0.165. The zero-order valence-electron chi connectivity index (χ0n) is 18.5. The Bertz CT molecular complexity index is 1500. The molecule has 0 bridgehead atoms. The number of aryl methyl sites for hydroxylation is 2. The van der Waals surface area contributed by atoms with Crippen LogP contribution in [0.15, 0.2) is 52.1 Å². The second-order valence-corrected chi connectivity index (χ2v) is 9.09. The molecule has 4 aromatic rings. The topological polar surface area (TPSA) is 65.1 Å². The van der Waals surface area contributed by atoms with Crippen LogP contribution in [0.1, 0.15) is 18.1 Å². The highest BCUT2D eigenvalue weighted by Crippen LogP contribution is 2.33. The van der Waals surface area contributed by atoms with Gasteiger partial charge in [-0.2, -0.15) is 4.98 Å². The van der Waals surface area contributed by atoms with Gasteiger partial charge in [0, 0.05) is 36.4 Å². The minimum absolute atomic E-state index is 0.103. The van der Waals surface area contributed by atoms with Crippen molar-refractivity contribution in [2.24, 2.45) is 13.0 Å². The Morgan fingerprint density at radius 1 is 1.15 bits per heavy atom. The van der Waals surface area contributed by atoms with Gasteiger partial charge in [-0.1, -0.05) is 36.7 Å². The van der Waals surface area contributed by atoms with Gasteiger partial charge in [0.15, 0.2) is 11.2 Å². The number of nitrogens with zero attached hydrogens (tertiary/aromatic N) is 5. The third kappa shape index (κ3) is 3.45. The Labute approximate surface area is 194 Å². The predicted molar refractivity (Wildman–Crippen MR) is 127 cm³/mol. The van der Waals surface area contributed by atoms with Crippen molar-refractivity contribution in [3.63, 3.8) is 0 Å². The fourth-order valence-electron chi connectivity index (χ4n) is 4.50. The van der Waals surface area contributed by atoms with Crippen molar-refractivity contribution in [3.05, 3.63) is 85.3 Å². The average molecular weight is 468 g/mol. The quantitative estimate of drug-likeness (QED) is 0.459. The number of hydrogen-bond donors (Lipinski definition) is 0. The number of rotatable bonds is 3. The third-order valence-corrected chi connectivity index (χ3v) is 6.49. The number of hydrogen-bond acceptors (Lipinski definition) is 4. The molecule has 0 fully saturated rings. The van der Waals surface area contributed by atoms with E-state index in [1.54, 1.807) is 7.05 Å². The minimum Gasteiger partial charge on any atom is -0.312 e. The van der Waals surface area contributed by atoms with E-state index in [1.165, 1.54) is 22.8 Å². The van der Waals surface area contributed by atoms with Gasteiger partial charge in [-0.3, -0.25) is 13.9 Å². The van der Waals surface area contributed by atoms with Gasteiger partial charge in [-0.25, -0.2) is 9.18 Å². The first-order chi connectivity index (χ1) is 15.8. The summed E-state index contributed by atoms with van der Waals surface area (Å²) in [4.78, 5) is 33.5. The van der Waals surface area contributed by atoms with Gasteiger partial charge in [0.05, 0.1) is 6.54 Å². The van der Waals surface area contributed by atoms with Crippen molar-refractivity contribution >= 4 is 34.4 Å². The Balaban J connectivity index is 1.74. The van der Waals surface area contributed by atoms with Gasteiger partial charge in [-0.05, 0) is 42.7 Å². The molecule has 0 spiro atoms. The summed E-state index contributed by atoms with van der Waals surface area (Å²) in [6.45, 7) is 5.19. The summed E-state index contributed by atoms with van der Waals surface area (Å²) in [6, 6.07) is 12.4. The molecule has 33 heavy (non-hydrogen) atoms. The Hall–Kier alpha value is -3.39. The molecular formula is C24H23ClFN5O2. The van der Waals surface area contributed by atoms with E-state index in [9.17, 15) is 14.0 Å². The van der Waals surface area contributed by atoms with Crippen LogP contribution < -0.4 is 16.1 Å². The molecule has 1 aliphatic heterocycles. The van der Waals surface area contributed by atoms with Gasteiger partial charge >= 0.3 is 5.69 Å². The summed E-state index contributed by atoms with van der Waals surface area (Å²) in [7, 11) is 1.57. The summed E-state index contributed by atoms with van der Waals surface area (Å²) < 4.78 is 18.7. The lowest BCUT2D eigenvalue weighted by Crippen LogP contribution is -2.40. The van der Waals surface area contributed by atoms with Crippen LogP contribution in [0.4, 0.5) is 16.0 Å². The summed E-state index contributed by atoms with van der Waals surface area (Å²) in [5.41, 5.74) is 1.74. The fourth-order valence-corrected chi connectivity index (χ4v) is 4.72. The first-order valence-corrected chi connectivity index (χ1v) is 11.1. The van der Waals surface area contributed by atoms with Crippen LogP contribution in [0.25, 0.3) is 11.2 Å². The molecule has 1 aliphatic rings. The monoisotopic (exact) mass is 467 g/mol. The van der Waals surface area contributed by atoms with Crippen LogP contribution in [0.2, 0.25) is 5.02 Å². The van der Waals surface area contributed by atoms with Gasteiger partial charge in [-0.15, -0.1) is 0 Å². The molecule has 0 radical (unpaired) electrons. The Kier molecular flexibility index (Phi) is 5.12. The van der Waals surface area contributed by atoms with Crippen LogP contribution in [0, 0.1) is 18.7 Å². The molecule has 1 unspecified atom stereocenters. The lowest BCUT2D eigenvalue weighted by Gasteiger charge is -2.33. The van der Waals surface area contributed by atoms with E-state index in [1.807, 2.05) is 29.7 Å². The van der Waals surface area contributed by atoms with E-state index in [0.29, 0.717) is 23.7 Å². The highest BCUT2D eigenvalue weighted by atomic mass is 35.5. The molecule has 0 saturated carbocycles. The first kappa shape index (κ1) is 21.5. The predicted octanol–water partition coefficient (Wildman–Crippen LogP) is 3.83. The van der Waals surface area contributed by atoms with Crippen molar-refractivity contribution in [2.45, 2.75) is 26.9 Å². The maximum Gasteiger partial charge on any atom is 0.332 e. The van der Waals surface area contributed by atoms with Crippen LogP contribution >= 0.6 is 11.6 Å². The van der Waals surface area contributed by atoms with E-state index in [-0.39, 0.29) is 23.0 Å². The van der Waals surface area contributed by atoms with E-state index in [0.717, 1.165) is 22.4 Å². The number of benzene rings is 2. The van der Waals surface area contributed by atoms with Crippen molar-refractivity contribution in [1.82, 2.24) is 18.7 Å². The molecule has 0 aliphatic carbocycles. The molecule has 5 rings (SSSR count). The maximum atomic E-state index is 14.4. The molecule has 0 saturated heterocycles. The second kappa shape index (κ2) is 7.88. The SMILES string of the molecule is Cc1cccc(N2CC(C)Cn3c2nc2c3c(=O)n(Cc3c(F)cccc3Cl)c(=O)n2C)c1. The standard InChI is InChI=1S/C24H23ClFN5O2/c1-14-6-4-7-16(10-14)29-11-15(2)12-30-20-21(27-23(29)30)28(3)24(33)31(22(20)32)13-17-18(25)8-5-9-19(17)26/h4-10,15H,11-13H2,1-3H3. The van der Waals surface area contributed by atoms with Gasteiger partial charge in [0.2, 0.25) is 5.95 Å². The van der Waals surface area contributed by atoms with Gasteiger partial charge < -0.3 is 9.47 Å². The second-order valence-electron chi connectivity index (χ2n) is 8.68. The van der Waals surface area contributed by atoms with E-state index < -0.39 is 17.1 Å². The molecule has 3 heterocycles. The number of anilines is 2. The number of fused-ring (bicyclic) bond motifs is 3. The number of imidazole rings is 1. The van der Waals surface area contributed by atoms with Crippen LogP contribution in [-0.2, 0) is 20.1 Å². The third-order valence-electron chi connectivity index (χ3n) is 6.13. The van der Waals surface area contributed by atoms with Gasteiger partial charge in [0.25, 0.3) is 5.56 Å². The highest BCUT2D eigenvalue weighted by molar-refractivity contribution is 6.31. The molecule has 170 valence electrons. The molecule has 1 atom stereocenters. The zero-order chi connectivity index (χ0) is 23.4. The highest BCUT2D eigenvalue weighted by Gasteiger charge is 2.30. The lowest BCUT2D eigenvalue weighted by molar-refractivity contribution is 0.458. The molecular weight excluding hydrogens is 445 g/mol. The van der Waals surface area contributed by atoms with Crippen molar-refractivity contribution in [2.75, 3.05) is 11.4 Å². The number of aromatic nitrogens is 4. The largest absolute Gasteiger partial charge is 0.332 e. The molecule has 0 N–H and O–H groups in total. The van der Waals surface area contributed by atoms with Crippen molar-refractivity contribution in [1.29, 1.82) is 0 Å².